The van der Waals surface area contributed by atoms with Crippen molar-refractivity contribution in [1.29, 1.82) is 0 Å². The van der Waals surface area contributed by atoms with Crippen LogP contribution in [0.4, 0.5) is 11.4 Å². The third-order valence-electron chi connectivity index (χ3n) is 3.58. The van der Waals surface area contributed by atoms with Crippen molar-refractivity contribution < 1.29 is 19.1 Å². The van der Waals surface area contributed by atoms with E-state index in [2.05, 4.69) is 10.6 Å². The molecule has 25 heavy (non-hydrogen) atoms. The molecule has 2 rings (SSSR count). The fraction of sp³-hybridized carbons (Fsp3) is 0.211. The van der Waals surface area contributed by atoms with Crippen LogP contribution < -0.4 is 10.6 Å². The summed E-state index contributed by atoms with van der Waals surface area (Å²) in [6.07, 6.45) is 0.226. The highest BCUT2D eigenvalue weighted by Gasteiger charge is 2.12. The maximum atomic E-state index is 12.1. The molecule has 0 atom stereocenters. The van der Waals surface area contributed by atoms with E-state index in [1.54, 1.807) is 48.5 Å². The van der Waals surface area contributed by atoms with Gasteiger partial charge in [-0.3, -0.25) is 9.59 Å². The molecule has 0 unspecified atom stereocenters. The number of amides is 1. The molecule has 0 saturated carbocycles. The smallest absolute Gasteiger partial charge is 0.339 e. The Morgan fingerprint density at radius 2 is 1.68 bits per heavy atom. The second-order valence-corrected chi connectivity index (χ2v) is 5.40. The van der Waals surface area contributed by atoms with Crippen LogP contribution in [0, 0.1) is 0 Å². The highest BCUT2D eigenvalue weighted by atomic mass is 16.5. The fourth-order valence-corrected chi connectivity index (χ4v) is 2.24. The first-order chi connectivity index (χ1) is 12.0. The maximum Gasteiger partial charge on any atom is 0.339 e. The van der Waals surface area contributed by atoms with E-state index < -0.39 is 5.97 Å². The van der Waals surface area contributed by atoms with Crippen molar-refractivity contribution in [2.75, 3.05) is 24.3 Å². The number of rotatable bonds is 7. The van der Waals surface area contributed by atoms with Crippen molar-refractivity contribution in [2.24, 2.45) is 0 Å². The minimum atomic E-state index is -0.500. The number of carbonyl (C=O) groups excluding carboxylic acids is 3. The van der Waals surface area contributed by atoms with Crippen LogP contribution in [0.15, 0.2) is 48.5 Å². The third-order valence-corrected chi connectivity index (χ3v) is 3.58. The second-order valence-electron chi connectivity index (χ2n) is 5.40. The molecule has 0 aromatic heterocycles. The van der Waals surface area contributed by atoms with Crippen molar-refractivity contribution >= 4 is 29.0 Å². The minimum Gasteiger partial charge on any atom is -0.465 e. The van der Waals surface area contributed by atoms with E-state index in [0.717, 1.165) is 5.69 Å². The summed E-state index contributed by atoms with van der Waals surface area (Å²) >= 11 is 0. The largest absolute Gasteiger partial charge is 0.465 e. The number of anilines is 2. The van der Waals surface area contributed by atoms with Crippen molar-refractivity contribution in [2.45, 2.75) is 13.3 Å². The molecule has 0 saturated heterocycles. The number of hydrogen-bond acceptors (Lipinski definition) is 5. The first-order valence-electron chi connectivity index (χ1n) is 7.83. The normalized spacial score (nSPS) is 10.0. The minimum absolute atomic E-state index is 0.00944. The molecule has 0 bridgehead atoms. The number of esters is 1. The van der Waals surface area contributed by atoms with Crippen LogP contribution in [0.2, 0.25) is 0 Å². The molecule has 2 aromatic carbocycles. The molecule has 0 radical (unpaired) electrons. The summed E-state index contributed by atoms with van der Waals surface area (Å²) in [5.41, 5.74) is 2.20. The van der Waals surface area contributed by atoms with Gasteiger partial charge in [-0.05, 0) is 43.3 Å². The van der Waals surface area contributed by atoms with Gasteiger partial charge in [0.05, 0.1) is 18.4 Å². The molecule has 6 heteroatoms. The summed E-state index contributed by atoms with van der Waals surface area (Å²) in [5, 5.41) is 5.82. The Hall–Kier alpha value is -3.15. The topological polar surface area (TPSA) is 84.5 Å². The lowest BCUT2D eigenvalue weighted by molar-refractivity contribution is -0.115. The first-order valence-corrected chi connectivity index (χ1v) is 7.83. The number of hydrogen-bond donors (Lipinski definition) is 2. The average molecular weight is 340 g/mol. The number of nitrogens with one attached hydrogen (secondary N) is 2. The van der Waals surface area contributed by atoms with Crippen molar-refractivity contribution in [3.63, 3.8) is 0 Å². The van der Waals surface area contributed by atoms with Crippen LogP contribution in [0.5, 0.6) is 0 Å². The Balaban J connectivity index is 1.87. The van der Waals surface area contributed by atoms with E-state index in [0.29, 0.717) is 23.4 Å². The molecule has 0 aliphatic carbocycles. The molecule has 0 aliphatic rings. The van der Waals surface area contributed by atoms with E-state index >= 15 is 0 Å². The summed E-state index contributed by atoms with van der Waals surface area (Å²) < 4.78 is 4.70. The van der Waals surface area contributed by atoms with Gasteiger partial charge in [0.2, 0.25) is 5.91 Å². The summed E-state index contributed by atoms with van der Waals surface area (Å²) in [7, 11) is 1.29. The van der Waals surface area contributed by atoms with Crippen molar-refractivity contribution in [3.05, 3.63) is 59.7 Å². The SMILES string of the molecule is COC(=O)c1ccccc1NC(=O)CCNc1ccc(C(C)=O)cc1. The van der Waals surface area contributed by atoms with E-state index in [1.165, 1.54) is 14.0 Å². The summed E-state index contributed by atoms with van der Waals surface area (Å²) in [5.74, 6) is -0.709. The Morgan fingerprint density at radius 3 is 2.32 bits per heavy atom. The van der Waals surface area contributed by atoms with Gasteiger partial charge in [-0.25, -0.2) is 4.79 Å². The van der Waals surface area contributed by atoms with Crippen LogP contribution in [0.25, 0.3) is 0 Å². The molecule has 0 fully saturated rings. The number of benzene rings is 2. The van der Waals surface area contributed by atoms with Crippen molar-refractivity contribution in [3.8, 4) is 0 Å². The third kappa shape index (κ3) is 5.17. The van der Waals surface area contributed by atoms with Crippen LogP contribution >= 0.6 is 0 Å². The molecular formula is C19H20N2O4. The van der Waals surface area contributed by atoms with Crippen LogP contribution in [-0.2, 0) is 9.53 Å². The Bertz CT molecular complexity index is 769. The molecule has 0 spiro atoms. The number of ketones is 1. The van der Waals surface area contributed by atoms with E-state index in [9.17, 15) is 14.4 Å². The lowest BCUT2D eigenvalue weighted by atomic mass is 10.1. The van der Waals surface area contributed by atoms with Gasteiger partial charge in [0.15, 0.2) is 5.78 Å². The predicted molar refractivity (Wildman–Crippen MR) is 96.0 cm³/mol. The summed E-state index contributed by atoms with van der Waals surface area (Å²) in [6, 6.07) is 13.7. The standard InChI is InChI=1S/C19H20N2O4/c1-13(22)14-7-9-15(10-8-14)20-12-11-18(23)21-17-6-4-3-5-16(17)19(24)25-2/h3-10,20H,11-12H2,1-2H3,(H,21,23). The number of methoxy groups -OCH3 is 1. The van der Waals surface area contributed by atoms with Gasteiger partial charge >= 0.3 is 5.97 Å². The monoisotopic (exact) mass is 340 g/mol. The predicted octanol–water partition coefficient (Wildman–Crippen LogP) is 3.12. The lowest BCUT2D eigenvalue weighted by Gasteiger charge is -2.10. The molecule has 2 aromatic rings. The van der Waals surface area contributed by atoms with Gasteiger partial charge in [0.25, 0.3) is 0 Å². The zero-order valence-corrected chi connectivity index (χ0v) is 14.2. The number of carbonyl (C=O) groups is 3. The fourth-order valence-electron chi connectivity index (χ4n) is 2.24. The Kier molecular flexibility index (Phi) is 6.28. The van der Waals surface area contributed by atoms with E-state index in [4.69, 9.17) is 4.74 Å². The molecule has 0 aliphatic heterocycles. The Morgan fingerprint density at radius 1 is 1.00 bits per heavy atom. The lowest BCUT2D eigenvalue weighted by Crippen LogP contribution is -2.18. The van der Waals surface area contributed by atoms with Crippen LogP contribution in [0.1, 0.15) is 34.1 Å². The quantitative estimate of drug-likeness (QED) is 0.597. The van der Waals surface area contributed by atoms with Gasteiger partial charge < -0.3 is 15.4 Å². The van der Waals surface area contributed by atoms with Gasteiger partial charge in [-0.1, -0.05) is 12.1 Å². The molecule has 6 nitrogen and oxygen atoms in total. The zero-order valence-electron chi connectivity index (χ0n) is 14.2. The van der Waals surface area contributed by atoms with Gasteiger partial charge in [0.1, 0.15) is 0 Å². The molecule has 2 N–H and O–H groups in total. The Labute approximate surface area is 146 Å². The van der Waals surface area contributed by atoms with E-state index in [1.807, 2.05) is 0 Å². The summed E-state index contributed by atoms with van der Waals surface area (Å²) in [6.45, 7) is 1.94. The first kappa shape index (κ1) is 18.2. The second kappa shape index (κ2) is 8.63. The highest BCUT2D eigenvalue weighted by molar-refractivity contribution is 6.01. The zero-order chi connectivity index (χ0) is 18.2. The average Bonchev–Trinajstić information content (AvgIpc) is 2.62. The number of Topliss-reactive ketones (excluding diaryl/α,β-unsaturated/α-hetero) is 1. The molecular weight excluding hydrogens is 320 g/mol. The van der Waals surface area contributed by atoms with Gasteiger partial charge in [0, 0.05) is 24.2 Å². The number of ether oxygens (including phenoxy) is 1. The van der Waals surface area contributed by atoms with Gasteiger partial charge in [-0.2, -0.15) is 0 Å². The number of para-hydroxylation sites is 1. The van der Waals surface area contributed by atoms with Crippen LogP contribution in [0.3, 0.4) is 0 Å². The van der Waals surface area contributed by atoms with Crippen LogP contribution in [-0.4, -0.2) is 31.3 Å². The summed E-state index contributed by atoms with van der Waals surface area (Å²) in [4.78, 5) is 35.0. The van der Waals surface area contributed by atoms with E-state index in [-0.39, 0.29) is 18.1 Å². The van der Waals surface area contributed by atoms with Gasteiger partial charge in [-0.15, -0.1) is 0 Å². The van der Waals surface area contributed by atoms with Crippen molar-refractivity contribution in [1.82, 2.24) is 0 Å². The molecule has 0 heterocycles. The molecule has 1 amide bonds. The maximum absolute atomic E-state index is 12.1. The molecule has 130 valence electrons. The highest BCUT2D eigenvalue weighted by Crippen LogP contribution is 2.16.